The fourth-order valence-electron chi connectivity index (χ4n) is 2.19. The van der Waals surface area contributed by atoms with Gasteiger partial charge >= 0.3 is 5.97 Å². The molecule has 0 bridgehead atoms. The molecule has 1 aromatic carbocycles. The maximum absolute atomic E-state index is 11.7. The predicted molar refractivity (Wildman–Crippen MR) is 82.0 cm³/mol. The number of rotatable bonds is 4. The van der Waals surface area contributed by atoms with Gasteiger partial charge in [0, 0.05) is 6.20 Å². The first-order valence-electron chi connectivity index (χ1n) is 6.92. The highest BCUT2D eigenvalue weighted by Crippen LogP contribution is 2.15. The minimum Gasteiger partial charge on any atom is -0.487 e. The van der Waals surface area contributed by atoms with Crippen molar-refractivity contribution in [3.8, 4) is 5.75 Å². The van der Waals surface area contributed by atoms with Crippen molar-refractivity contribution in [2.24, 2.45) is 0 Å². The fourth-order valence-corrected chi connectivity index (χ4v) is 2.19. The van der Waals surface area contributed by atoms with Crippen LogP contribution in [0.2, 0.25) is 0 Å². The summed E-state index contributed by atoms with van der Waals surface area (Å²) in [5.74, 6) is 0.393. The zero-order chi connectivity index (χ0) is 15.5. The summed E-state index contributed by atoms with van der Waals surface area (Å²) >= 11 is 0. The number of benzene rings is 1. The molecule has 0 saturated carbocycles. The molecule has 0 amide bonds. The molecule has 0 aliphatic heterocycles. The third kappa shape index (κ3) is 2.79. The summed E-state index contributed by atoms with van der Waals surface area (Å²) in [6.07, 6.45) is 1.79. The number of ether oxygens (including phenoxy) is 2. The smallest absolute Gasteiger partial charge is 0.355 e. The van der Waals surface area contributed by atoms with Crippen LogP contribution < -0.4 is 4.74 Å². The molecule has 0 fully saturated rings. The fraction of sp³-hybridized carbons (Fsp3) is 0.176. The minimum absolute atomic E-state index is 0.339. The first-order chi connectivity index (χ1) is 10.7. The Bertz CT molecular complexity index is 806. The number of fused-ring (bicyclic) bond motifs is 1. The van der Waals surface area contributed by atoms with E-state index in [1.54, 1.807) is 22.7 Å². The van der Waals surface area contributed by atoms with Crippen LogP contribution in [0.5, 0.6) is 5.75 Å². The lowest BCUT2D eigenvalue weighted by Gasteiger charge is -2.04. The molecule has 0 spiro atoms. The van der Waals surface area contributed by atoms with Crippen molar-refractivity contribution < 1.29 is 14.3 Å². The molecule has 0 unspecified atom stereocenters. The van der Waals surface area contributed by atoms with Crippen molar-refractivity contribution in [2.75, 3.05) is 7.11 Å². The van der Waals surface area contributed by atoms with E-state index in [1.165, 1.54) is 12.7 Å². The Morgan fingerprint density at radius 2 is 1.95 bits per heavy atom. The zero-order valence-electron chi connectivity index (χ0n) is 12.4. The first kappa shape index (κ1) is 14.1. The molecule has 0 saturated heterocycles. The van der Waals surface area contributed by atoms with Gasteiger partial charge in [0.15, 0.2) is 0 Å². The van der Waals surface area contributed by atoms with Gasteiger partial charge in [-0.15, -0.1) is 0 Å². The maximum atomic E-state index is 11.7. The second-order valence-electron chi connectivity index (χ2n) is 4.96. The molecule has 112 valence electrons. The highest BCUT2D eigenvalue weighted by molar-refractivity contribution is 5.88. The standard InChI is InChI=1S/C17H16N2O3/c1-12-6-8-14(9-7-12)22-11-13-10-19-15(17(20)21-2)4-3-5-16(19)18-13/h3-10H,11H2,1-2H3. The second kappa shape index (κ2) is 5.89. The lowest BCUT2D eigenvalue weighted by Crippen LogP contribution is -2.07. The van der Waals surface area contributed by atoms with Crippen LogP contribution in [-0.4, -0.2) is 22.5 Å². The van der Waals surface area contributed by atoms with E-state index in [2.05, 4.69) is 4.98 Å². The van der Waals surface area contributed by atoms with Gasteiger partial charge in [-0.2, -0.15) is 0 Å². The van der Waals surface area contributed by atoms with E-state index in [-0.39, 0.29) is 0 Å². The first-order valence-corrected chi connectivity index (χ1v) is 6.92. The van der Waals surface area contributed by atoms with Crippen LogP contribution in [0.3, 0.4) is 0 Å². The third-order valence-corrected chi connectivity index (χ3v) is 3.34. The highest BCUT2D eigenvalue weighted by Gasteiger charge is 2.12. The predicted octanol–water partition coefficient (Wildman–Crippen LogP) is 3.01. The molecule has 5 heteroatoms. The van der Waals surface area contributed by atoms with Crippen LogP contribution in [-0.2, 0) is 11.3 Å². The van der Waals surface area contributed by atoms with Gasteiger partial charge in [0.05, 0.1) is 12.8 Å². The normalized spacial score (nSPS) is 10.6. The summed E-state index contributed by atoms with van der Waals surface area (Å²) in [6.45, 7) is 2.37. The zero-order valence-corrected chi connectivity index (χ0v) is 12.4. The van der Waals surface area contributed by atoms with E-state index < -0.39 is 5.97 Å². The van der Waals surface area contributed by atoms with Crippen molar-refractivity contribution in [1.82, 2.24) is 9.38 Å². The largest absolute Gasteiger partial charge is 0.487 e. The Hall–Kier alpha value is -2.82. The summed E-state index contributed by atoms with van der Waals surface area (Å²) in [5, 5.41) is 0. The lowest BCUT2D eigenvalue weighted by atomic mass is 10.2. The minimum atomic E-state index is -0.394. The molecule has 0 N–H and O–H groups in total. The van der Waals surface area contributed by atoms with E-state index in [1.807, 2.05) is 37.3 Å². The van der Waals surface area contributed by atoms with E-state index in [4.69, 9.17) is 9.47 Å². The Morgan fingerprint density at radius 1 is 1.18 bits per heavy atom. The van der Waals surface area contributed by atoms with Gasteiger partial charge in [-0.3, -0.25) is 4.40 Å². The van der Waals surface area contributed by atoms with Gasteiger partial charge in [0.25, 0.3) is 0 Å². The number of carbonyl (C=O) groups is 1. The number of imidazole rings is 1. The molecular formula is C17H16N2O3. The average Bonchev–Trinajstić information content (AvgIpc) is 2.96. The Labute approximate surface area is 128 Å². The van der Waals surface area contributed by atoms with Crippen LogP contribution >= 0.6 is 0 Å². The molecule has 0 atom stereocenters. The molecule has 22 heavy (non-hydrogen) atoms. The van der Waals surface area contributed by atoms with Crippen LogP contribution in [0.4, 0.5) is 0 Å². The van der Waals surface area contributed by atoms with Crippen molar-refractivity contribution in [3.63, 3.8) is 0 Å². The monoisotopic (exact) mass is 296 g/mol. The molecule has 2 heterocycles. The second-order valence-corrected chi connectivity index (χ2v) is 4.96. The number of aryl methyl sites for hydroxylation is 1. The number of nitrogens with zero attached hydrogens (tertiary/aromatic N) is 2. The molecule has 0 radical (unpaired) electrons. The van der Waals surface area contributed by atoms with Gasteiger partial charge in [-0.25, -0.2) is 9.78 Å². The van der Waals surface area contributed by atoms with Crippen LogP contribution in [0, 0.1) is 6.92 Å². The van der Waals surface area contributed by atoms with Gasteiger partial charge < -0.3 is 9.47 Å². The number of pyridine rings is 1. The Balaban J connectivity index is 1.83. The third-order valence-electron chi connectivity index (χ3n) is 3.34. The number of aromatic nitrogens is 2. The average molecular weight is 296 g/mol. The summed E-state index contributed by atoms with van der Waals surface area (Å²) in [7, 11) is 1.36. The number of esters is 1. The number of hydrogen-bond donors (Lipinski definition) is 0. The van der Waals surface area contributed by atoms with Crippen molar-refractivity contribution in [2.45, 2.75) is 13.5 Å². The molecule has 0 aliphatic carbocycles. The number of carbonyl (C=O) groups excluding carboxylic acids is 1. The summed E-state index contributed by atoms with van der Waals surface area (Å²) in [4.78, 5) is 16.2. The summed E-state index contributed by atoms with van der Waals surface area (Å²) in [5.41, 5.74) is 3.05. The summed E-state index contributed by atoms with van der Waals surface area (Å²) < 4.78 is 12.2. The SMILES string of the molecule is COC(=O)c1cccc2nc(COc3ccc(C)cc3)cn12. The quantitative estimate of drug-likeness (QED) is 0.694. The molecule has 3 rings (SSSR count). The van der Waals surface area contributed by atoms with Gasteiger partial charge in [-0.1, -0.05) is 23.8 Å². The van der Waals surface area contributed by atoms with Crippen molar-refractivity contribution in [3.05, 3.63) is 65.6 Å². The number of methoxy groups -OCH3 is 1. The van der Waals surface area contributed by atoms with Gasteiger partial charge in [0.2, 0.25) is 0 Å². The molecular weight excluding hydrogens is 280 g/mol. The lowest BCUT2D eigenvalue weighted by molar-refractivity contribution is 0.0592. The molecule has 2 aromatic heterocycles. The molecule has 3 aromatic rings. The van der Waals surface area contributed by atoms with Crippen molar-refractivity contribution in [1.29, 1.82) is 0 Å². The van der Waals surface area contributed by atoms with E-state index in [9.17, 15) is 4.79 Å². The maximum Gasteiger partial charge on any atom is 0.355 e. The topological polar surface area (TPSA) is 52.8 Å². The molecule has 5 nitrogen and oxygen atoms in total. The van der Waals surface area contributed by atoms with Crippen LogP contribution in [0.25, 0.3) is 5.65 Å². The van der Waals surface area contributed by atoms with E-state index in [0.717, 1.165) is 11.4 Å². The van der Waals surface area contributed by atoms with Gasteiger partial charge in [-0.05, 0) is 31.2 Å². The van der Waals surface area contributed by atoms with Crippen LogP contribution in [0.1, 0.15) is 21.7 Å². The molecule has 0 aliphatic rings. The summed E-state index contributed by atoms with van der Waals surface area (Å²) in [6, 6.07) is 13.1. The van der Waals surface area contributed by atoms with E-state index in [0.29, 0.717) is 17.9 Å². The van der Waals surface area contributed by atoms with Gasteiger partial charge in [0.1, 0.15) is 23.7 Å². The van der Waals surface area contributed by atoms with Crippen molar-refractivity contribution >= 4 is 11.6 Å². The van der Waals surface area contributed by atoms with Crippen LogP contribution in [0.15, 0.2) is 48.7 Å². The Kier molecular flexibility index (Phi) is 3.78. The van der Waals surface area contributed by atoms with E-state index >= 15 is 0 Å². The number of hydrogen-bond acceptors (Lipinski definition) is 4. The highest BCUT2D eigenvalue weighted by atomic mass is 16.5. The Morgan fingerprint density at radius 3 is 2.68 bits per heavy atom.